The predicted molar refractivity (Wildman–Crippen MR) is 87.2 cm³/mol. The van der Waals surface area contributed by atoms with Gasteiger partial charge in [-0.05, 0) is 31.5 Å². The Hall–Kier alpha value is -2.81. The summed E-state index contributed by atoms with van der Waals surface area (Å²) in [5.41, 5.74) is 3.62. The van der Waals surface area contributed by atoms with Crippen LogP contribution in [-0.4, -0.2) is 0 Å². The first-order valence-electron chi connectivity index (χ1n) is 7.17. The Kier molecular flexibility index (Phi) is 2.70. The second-order valence-electron chi connectivity index (χ2n) is 5.52. The molecule has 0 fully saturated rings. The van der Waals surface area contributed by atoms with Crippen molar-refractivity contribution in [1.29, 1.82) is 0 Å². The summed E-state index contributed by atoms with van der Waals surface area (Å²) in [7, 11) is 0. The van der Waals surface area contributed by atoms with Crippen LogP contribution in [0.3, 0.4) is 0 Å². The quantitative estimate of drug-likeness (QED) is 0.472. The van der Waals surface area contributed by atoms with Gasteiger partial charge in [-0.1, -0.05) is 36.4 Å². The van der Waals surface area contributed by atoms with E-state index in [2.05, 4.69) is 0 Å². The Morgan fingerprint density at radius 3 is 2.45 bits per heavy atom. The molecule has 0 N–H and O–H groups in total. The monoisotopic (exact) mass is 290 g/mol. The van der Waals surface area contributed by atoms with Gasteiger partial charge >= 0.3 is 5.63 Å². The van der Waals surface area contributed by atoms with Gasteiger partial charge < -0.3 is 8.83 Å². The van der Waals surface area contributed by atoms with E-state index >= 15 is 0 Å². The Balaban J connectivity index is 2.16. The van der Waals surface area contributed by atoms with Crippen molar-refractivity contribution in [3.05, 3.63) is 70.1 Å². The molecule has 0 atom stereocenters. The lowest BCUT2D eigenvalue weighted by Crippen LogP contribution is -1.99. The molecule has 0 unspecified atom stereocenters. The molecule has 0 spiro atoms. The smallest absolute Gasteiger partial charge is 0.347 e. The maximum Gasteiger partial charge on any atom is 0.347 e. The molecule has 0 bridgehead atoms. The summed E-state index contributed by atoms with van der Waals surface area (Å²) in [6.45, 7) is 3.86. The molecular formula is C19H14O3. The van der Waals surface area contributed by atoms with Crippen molar-refractivity contribution in [2.24, 2.45) is 0 Å². The largest absolute Gasteiger partial charge is 0.455 e. The SMILES string of the molecule is Cc1ccc2c(c1)oc(=O)c1c(C)c(-c3ccccc3)oc12. The molecular weight excluding hydrogens is 276 g/mol. The highest BCUT2D eigenvalue weighted by molar-refractivity contribution is 6.03. The zero-order valence-corrected chi connectivity index (χ0v) is 12.3. The summed E-state index contributed by atoms with van der Waals surface area (Å²) < 4.78 is 11.5. The normalized spacial score (nSPS) is 11.4. The second kappa shape index (κ2) is 4.60. The van der Waals surface area contributed by atoms with E-state index in [9.17, 15) is 4.79 Å². The summed E-state index contributed by atoms with van der Waals surface area (Å²) >= 11 is 0. The zero-order valence-electron chi connectivity index (χ0n) is 12.3. The van der Waals surface area contributed by atoms with Crippen molar-refractivity contribution in [2.75, 3.05) is 0 Å². The number of rotatable bonds is 1. The average Bonchev–Trinajstić information content (AvgIpc) is 2.86. The van der Waals surface area contributed by atoms with E-state index in [1.807, 2.05) is 62.4 Å². The molecule has 4 rings (SSSR count). The van der Waals surface area contributed by atoms with Crippen LogP contribution < -0.4 is 5.63 Å². The third-order valence-corrected chi connectivity index (χ3v) is 3.97. The van der Waals surface area contributed by atoms with Gasteiger partial charge in [-0.15, -0.1) is 0 Å². The van der Waals surface area contributed by atoms with Crippen LogP contribution in [0.15, 0.2) is 62.2 Å². The highest BCUT2D eigenvalue weighted by Crippen LogP contribution is 2.34. The van der Waals surface area contributed by atoms with E-state index in [-0.39, 0.29) is 5.63 Å². The molecule has 3 heteroatoms. The molecule has 2 aromatic heterocycles. The van der Waals surface area contributed by atoms with Crippen molar-refractivity contribution < 1.29 is 8.83 Å². The molecule has 0 aliphatic heterocycles. The number of benzene rings is 2. The Bertz CT molecular complexity index is 1050. The van der Waals surface area contributed by atoms with Gasteiger partial charge in [-0.3, -0.25) is 0 Å². The van der Waals surface area contributed by atoms with Crippen LogP contribution in [0, 0.1) is 13.8 Å². The van der Waals surface area contributed by atoms with Crippen molar-refractivity contribution in [1.82, 2.24) is 0 Å². The highest BCUT2D eigenvalue weighted by Gasteiger charge is 2.19. The van der Waals surface area contributed by atoms with Gasteiger partial charge in [0.05, 0.1) is 5.39 Å². The standard InChI is InChI=1S/C19H14O3/c1-11-8-9-14-15(10-11)21-19(20)16-12(2)17(22-18(14)16)13-6-4-3-5-7-13/h3-10H,1-2H3. The molecule has 2 heterocycles. The molecule has 0 amide bonds. The van der Waals surface area contributed by atoms with E-state index in [4.69, 9.17) is 8.83 Å². The molecule has 4 aromatic rings. The van der Waals surface area contributed by atoms with E-state index in [0.29, 0.717) is 16.6 Å². The number of furan rings is 1. The molecule has 0 saturated carbocycles. The Morgan fingerprint density at radius 1 is 0.909 bits per heavy atom. The number of hydrogen-bond acceptors (Lipinski definition) is 3. The van der Waals surface area contributed by atoms with E-state index in [1.165, 1.54) is 0 Å². The third-order valence-electron chi connectivity index (χ3n) is 3.97. The lowest BCUT2D eigenvalue weighted by atomic mass is 10.1. The maximum atomic E-state index is 12.3. The van der Waals surface area contributed by atoms with Crippen molar-refractivity contribution >= 4 is 21.9 Å². The molecule has 0 aliphatic carbocycles. The minimum atomic E-state index is -0.350. The van der Waals surface area contributed by atoms with Crippen LogP contribution in [-0.2, 0) is 0 Å². The fraction of sp³-hybridized carbons (Fsp3) is 0.105. The van der Waals surface area contributed by atoms with Gasteiger partial charge in [0.1, 0.15) is 16.7 Å². The van der Waals surface area contributed by atoms with Crippen LogP contribution in [0.25, 0.3) is 33.3 Å². The van der Waals surface area contributed by atoms with Gasteiger partial charge in [-0.2, -0.15) is 0 Å². The highest BCUT2D eigenvalue weighted by atomic mass is 16.4. The van der Waals surface area contributed by atoms with Gasteiger partial charge in [0.2, 0.25) is 0 Å². The summed E-state index contributed by atoms with van der Waals surface area (Å²) in [4.78, 5) is 12.3. The lowest BCUT2D eigenvalue weighted by molar-refractivity contribution is 0.565. The number of fused-ring (bicyclic) bond motifs is 3. The second-order valence-corrected chi connectivity index (χ2v) is 5.52. The Morgan fingerprint density at radius 2 is 1.68 bits per heavy atom. The van der Waals surface area contributed by atoms with Crippen LogP contribution >= 0.6 is 0 Å². The molecule has 0 aliphatic rings. The number of hydrogen-bond donors (Lipinski definition) is 0. The molecule has 0 saturated heterocycles. The van der Waals surface area contributed by atoms with E-state index < -0.39 is 0 Å². The molecule has 2 aromatic carbocycles. The van der Waals surface area contributed by atoms with E-state index in [1.54, 1.807) is 0 Å². The fourth-order valence-electron chi connectivity index (χ4n) is 2.87. The average molecular weight is 290 g/mol. The molecule has 22 heavy (non-hydrogen) atoms. The fourth-order valence-corrected chi connectivity index (χ4v) is 2.87. The van der Waals surface area contributed by atoms with Crippen molar-refractivity contribution in [3.8, 4) is 11.3 Å². The topological polar surface area (TPSA) is 43.4 Å². The summed E-state index contributed by atoms with van der Waals surface area (Å²) in [6.07, 6.45) is 0. The lowest BCUT2D eigenvalue weighted by Gasteiger charge is -1.98. The van der Waals surface area contributed by atoms with E-state index in [0.717, 1.165) is 27.8 Å². The third kappa shape index (κ3) is 1.79. The maximum absolute atomic E-state index is 12.3. The first-order chi connectivity index (χ1) is 10.6. The zero-order chi connectivity index (χ0) is 15.3. The van der Waals surface area contributed by atoms with Crippen LogP contribution in [0.5, 0.6) is 0 Å². The molecule has 3 nitrogen and oxygen atoms in total. The minimum absolute atomic E-state index is 0.350. The summed E-state index contributed by atoms with van der Waals surface area (Å²) in [5.74, 6) is 0.718. The van der Waals surface area contributed by atoms with Crippen LogP contribution in [0.4, 0.5) is 0 Å². The van der Waals surface area contributed by atoms with Crippen molar-refractivity contribution in [2.45, 2.75) is 13.8 Å². The van der Waals surface area contributed by atoms with Gasteiger partial charge in [0.25, 0.3) is 0 Å². The van der Waals surface area contributed by atoms with Crippen LogP contribution in [0.2, 0.25) is 0 Å². The van der Waals surface area contributed by atoms with Gasteiger partial charge in [0.15, 0.2) is 5.58 Å². The minimum Gasteiger partial charge on any atom is -0.455 e. The molecule has 108 valence electrons. The summed E-state index contributed by atoms with van der Waals surface area (Å²) in [5, 5.41) is 1.35. The predicted octanol–water partition coefficient (Wildman–Crippen LogP) is 4.82. The van der Waals surface area contributed by atoms with Gasteiger partial charge in [0, 0.05) is 11.1 Å². The summed E-state index contributed by atoms with van der Waals surface area (Å²) in [6, 6.07) is 15.6. The number of aryl methyl sites for hydroxylation is 2. The van der Waals surface area contributed by atoms with Crippen LogP contribution in [0.1, 0.15) is 11.1 Å². The first kappa shape index (κ1) is 12.9. The Labute approximate surface area is 126 Å². The first-order valence-corrected chi connectivity index (χ1v) is 7.17. The van der Waals surface area contributed by atoms with Crippen molar-refractivity contribution in [3.63, 3.8) is 0 Å². The molecule has 0 radical (unpaired) electrons. The van der Waals surface area contributed by atoms with Gasteiger partial charge in [-0.25, -0.2) is 4.79 Å².